The molecule has 1 aliphatic rings. The van der Waals surface area contributed by atoms with E-state index in [2.05, 4.69) is 27.1 Å². The van der Waals surface area contributed by atoms with Gasteiger partial charge in [-0.15, -0.1) is 0 Å². The molecule has 2 aromatic heterocycles. The molecule has 8 heteroatoms. The molecule has 0 amide bonds. The largest absolute Gasteiger partial charge is 0.416 e. The molecule has 3 heterocycles. The van der Waals surface area contributed by atoms with E-state index >= 15 is 0 Å². The minimum atomic E-state index is -4.35. The van der Waals surface area contributed by atoms with Crippen molar-refractivity contribution in [1.82, 2.24) is 24.9 Å². The first-order chi connectivity index (χ1) is 13.8. The molecule has 0 bridgehead atoms. The Morgan fingerprint density at radius 2 is 1.93 bits per heavy atom. The van der Waals surface area contributed by atoms with Crippen molar-refractivity contribution in [3.8, 4) is 11.1 Å². The maximum Gasteiger partial charge on any atom is 0.416 e. The van der Waals surface area contributed by atoms with E-state index in [-0.39, 0.29) is 5.92 Å². The van der Waals surface area contributed by atoms with Crippen molar-refractivity contribution < 1.29 is 13.2 Å². The maximum absolute atomic E-state index is 13.1. The van der Waals surface area contributed by atoms with Gasteiger partial charge in [-0.2, -0.15) is 23.4 Å². The number of aromatic amines is 1. The minimum absolute atomic E-state index is 0.258. The Labute approximate surface area is 167 Å². The standard InChI is InChI=1S/C21H24F3N5/c1-14-17(11-26-28(14)2)13-29-8-6-15(7-9-29)20-19(12-25-27-20)16-4-3-5-18(10-16)21(22,23)24/h3-5,10-12,15H,6-9,13H2,1-2H3,(H,25,27). The third-order valence-electron chi connectivity index (χ3n) is 5.90. The molecule has 5 nitrogen and oxygen atoms in total. The number of rotatable bonds is 4. The molecule has 0 radical (unpaired) electrons. The summed E-state index contributed by atoms with van der Waals surface area (Å²) in [5.41, 5.74) is 4.02. The van der Waals surface area contributed by atoms with Crippen LogP contribution in [0.5, 0.6) is 0 Å². The quantitative estimate of drug-likeness (QED) is 0.697. The monoisotopic (exact) mass is 403 g/mol. The Morgan fingerprint density at radius 1 is 1.17 bits per heavy atom. The smallest absolute Gasteiger partial charge is 0.299 e. The number of hydrogen-bond acceptors (Lipinski definition) is 3. The highest BCUT2D eigenvalue weighted by Crippen LogP contribution is 2.37. The number of alkyl halides is 3. The maximum atomic E-state index is 13.1. The van der Waals surface area contributed by atoms with Crippen LogP contribution in [0.4, 0.5) is 13.2 Å². The SMILES string of the molecule is Cc1c(CN2CCC(c3[nH]ncc3-c3cccc(C(F)(F)F)c3)CC2)cnn1C. The molecule has 1 fully saturated rings. The lowest BCUT2D eigenvalue weighted by atomic mass is 9.89. The van der Waals surface area contributed by atoms with Crippen molar-refractivity contribution in [1.29, 1.82) is 0 Å². The fourth-order valence-electron chi connectivity index (χ4n) is 4.02. The molecular weight excluding hydrogens is 379 g/mol. The van der Waals surface area contributed by atoms with E-state index in [1.807, 2.05) is 17.9 Å². The van der Waals surface area contributed by atoms with Gasteiger partial charge in [0.05, 0.1) is 18.0 Å². The molecule has 0 spiro atoms. The summed E-state index contributed by atoms with van der Waals surface area (Å²) in [6, 6.07) is 5.47. The zero-order valence-electron chi connectivity index (χ0n) is 16.5. The number of aromatic nitrogens is 4. The van der Waals surface area contributed by atoms with Gasteiger partial charge in [0.2, 0.25) is 0 Å². The van der Waals surface area contributed by atoms with E-state index in [4.69, 9.17) is 0 Å². The molecule has 1 N–H and O–H groups in total. The Morgan fingerprint density at radius 3 is 2.59 bits per heavy atom. The van der Waals surface area contributed by atoms with E-state index in [1.54, 1.807) is 12.3 Å². The fourth-order valence-corrected chi connectivity index (χ4v) is 4.02. The molecule has 1 aromatic carbocycles. The van der Waals surface area contributed by atoms with Crippen molar-refractivity contribution in [3.05, 3.63) is 59.2 Å². The van der Waals surface area contributed by atoms with Gasteiger partial charge in [0.25, 0.3) is 0 Å². The number of nitrogens with zero attached hydrogens (tertiary/aromatic N) is 4. The molecule has 1 saturated heterocycles. The molecule has 1 aliphatic heterocycles. The summed E-state index contributed by atoms with van der Waals surface area (Å²) < 4.78 is 41.1. The zero-order chi connectivity index (χ0) is 20.6. The van der Waals surface area contributed by atoms with Gasteiger partial charge in [0, 0.05) is 42.0 Å². The summed E-state index contributed by atoms with van der Waals surface area (Å²) in [6.07, 6.45) is 1.08. The van der Waals surface area contributed by atoms with Crippen LogP contribution in [0.2, 0.25) is 0 Å². The van der Waals surface area contributed by atoms with Crippen molar-refractivity contribution in [2.75, 3.05) is 13.1 Å². The predicted octanol–water partition coefficient (Wildman–Crippen LogP) is 4.52. The number of hydrogen-bond donors (Lipinski definition) is 1. The van der Waals surface area contributed by atoms with Gasteiger partial charge >= 0.3 is 6.18 Å². The first kappa shape index (κ1) is 19.7. The third-order valence-corrected chi connectivity index (χ3v) is 5.90. The highest BCUT2D eigenvalue weighted by atomic mass is 19.4. The molecule has 0 saturated carbocycles. The van der Waals surface area contributed by atoms with Crippen molar-refractivity contribution >= 4 is 0 Å². The highest BCUT2D eigenvalue weighted by Gasteiger charge is 2.31. The summed E-state index contributed by atoms with van der Waals surface area (Å²) in [6.45, 7) is 4.80. The molecule has 29 heavy (non-hydrogen) atoms. The third kappa shape index (κ3) is 4.07. The van der Waals surface area contributed by atoms with Gasteiger partial charge in [-0.1, -0.05) is 12.1 Å². The lowest BCUT2D eigenvalue weighted by Gasteiger charge is -2.31. The van der Waals surface area contributed by atoms with Crippen LogP contribution >= 0.6 is 0 Å². The number of piperidine rings is 1. The van der Waals surface area contributed by atoms with Gasteiger partial charge in [-0.05, 0) is 50.6 Å². The second kappa shape index (κ2) is 7.67. The second-order valence-corrected chi connectivity index (χ2v) is 7.71. The van der Waals surface area contributed by atoms with Gasteiger partial charge in [0.1, 0.15) is 0 Å². The average molecular weight is 403 g/mol. The van der Waals surface area contributed by atoms with Crippen LogP contribution in [0, 0.1) is 6.92 Å². The Kier molecular flexibility index (Phi) is 5.21. The number of benzene rings is 1. The number of H-pyrrole nitrogens is 1. The van der Waals surface area contributed by atoms with Crippen LogP contribution in [0.15, 0.2) is 36.7 Å². The molecular formula is C21H24F3N5. The van der Waals surface area contributed by atoms with Crippen LogP contribution < -0.4 is 0 Å². The van der Waals surface area contributed by atoms with Gasteiger partial charge < -0.3 is 0 Å². The lowest BCUT2D eigenvalue weighted by Crippen LogP contribution is -2.32. The van der Waals surface area contributed by atoms with Crippen molar-refractivity contribution in [2.45, 2.75) is 38.4 Å². The summed E-state index contributed by atoms with van der Waals surface area (Å²) in [7, 11) is 1.94. The Bertz CT molecular complexity index is 980. The summed E-state index contributed by atoms with van der Waals surface area (Å²) >= 11 is 0. The molecule has 4 rings (SSSR count). The van der Waals surface area contributed by atoms with Gasteiger partial charge in [-0.25, -0.2) is 0 Å². The van der Waals surface area contributed by atoms with Crippen LogP contribution in [0.3, 0.4) is 0 Å². The molecule has 0 unspecified atom stereocenters. The topological polar surface area (TPSA) is 49.7 Å². The van der Waals surface area contributed by atoms with Crippen LogP contribution in [-0.4, -0.2) is 38.0 Å². The van der Waals surface area contributed by atoms with E-state index < -0.39 is 11.7 Å². The van der Waals surface area contributed by atoms with E-state index in [0.29, 0.717) is 5.56 Å². The summed E-state index contributed by atoms with van der Waals surface area (Å²) in [4.78, 5) is 2.40. The molecule has 154 valence electrons. The summed E-state index contributed by atoms with van der Waals surface area (Å²) in [5.74, 6) is 0.258. The second-order valence-electron chi connectivity index (χ2n) is 7.71. The van der Waals surface area contributed by atoms with Crippen molar-refractivity contribution in [2.24, 2.45) is 7.05 Å². The van der Waals surface area contributed by atoms with E-state index in [1.165, 1.54) is 23.4 Å². The normalized spacial score (nSPS) is 16.4. The number of halogens is 3. The number of aryl methyl sites for hydroxylation is 1. The number of nitrogens with one attached hydrogen (secondary N) is 1. The fraction of sp³-hybridized carbons (Fsp3) is 0.429. The first-order valence-electron chi connectivity index (χ1n) is 9.73. The summed E-state index contributed by atoms with van der Waals surface area (Å²) in [5, 5.41) is 11.5. The molecule has 0 atom stereocenters. The van der Waals surface area contributed by atoms with E-state index in [0.717, 1.165) is 49.8 Å². The van der Waals surface area contributed by atoms with Crippen LogP contribution in [-0.2, 0) is 19.8 Å². The van der Waals surface area contributed by atoms with Crippen LogP contribution in [0.1, 0.15) is 41.3 Å². The average Bonchev–Trinajstić information content (AvgIpc) is 3.31. The van der Waals surface area contributed by atoms with Gasteiger partial charge in [-0.3, -0.25) is 14.7 Å². The molecule has 0 aliphatic carbocycles. The molecule has 3 aromatic rings. The van der Waals surface area contributed by atoms with Crippen LogP contribution in [0.25, 0.3) is 11.1 Å². The first-order valence-corrected chi connectivity index (χ1v) is 9.73. The van der Waals surface area contributed by atoms with Gasteiger partial charge in [0.15, 0.2) is 0 Å². The number of likely N-dealkylation sites (tertiary alicyclic amines) is 1. The highest BCUT2D eigenvalue weighted by molar-refractivity contribution is 5.66. The van der Waals surface area contributed by atoms with E-state index in [9.17, 15) is 13.2 Å². The minimum Gasteiger partial charge on any atom is -0.299 e. The Hall–Kier alpha value is -2.61. The lowest BCUT2D eigenvalue weighted by molar-refractivity contribution is -0.137. The van der Waals surface area contributed by atoms with Crippen molar-refractivity contribution in [3.63, 3.8) is 0 Å². The Balaban J connectivity index is 1.47. The predicted molar refractivity (Wildman–Crippen MR) is 104 cm³/mol. The zero-order valence-corrected chi connectivity index (χ0v) is 16.5.